The smallest absolute Gasteiger partial charge is 0.0704 e. The summed E-state index contributed by atoms with van der Waals surface area (Å²) in [6.45, 7) is 3.31. The van der Waals surface area contributed by atoms with Gasteiger partial charge in [0, 0.05) is 0 Å². The lowest BCUT2D eigenvalue weighted by atomic mass is 9.74. The Morgan fingerprint density at radius 3 is 2.27 bits per heavy atom. The molecule has 0 aromatic heterocycles. The van der Waals surface area contributed by atoms with Gasteiger partial charge in [0.25, 0.3) is 0 Å². The quantitative estimate of drug-likeness (QED) is 0.564. The van der Waals surface area contributed by atoms with Crippen LogP contribution in [-0.2, 0) is 4.74 Å². The molecule has 1 heteroatoms. The molecule has 1 saturated carbocycles. The lowest BCUT2D eigenvalue weighted by Crippen LogP contribution is -2.47. The van der Waals surface area contributed by atoms with Gasteiger partial charge in [-0.15, -0.1) is 0 Å². The van der Waals surface area contributed by atoms with Gasteiger partial charge in [0.05, 0.1) is 12.2 Å². The minimum absolute atomic E-state index is 0.292. The zero-order valence-corrected chi connectivity index (χ0v) is 7.44. The first-order valence-electron chi connectivity index (χ1n) is 4.95. The Bertz CT molecular complexity index is 132. The Kier molecular flexibility index (Phi) is 1.92. The van der Waals surface area contributed by atoms with Crippen molar-refractivity contribution in [2.45, 2.75) is 51.0 Å². The second-order valence-corrected chi connectivity index (χ2v) is 4.25. The van der Waals surface area contributed by atoms with E-state index in [9.17, 15) is 0 Å². The lowest BCUT2D eigenvalue weighted by Gasteiger charge is -2.46. The second kappa shape index (κ2) is 2.78. The van der Waals surface area contributed by atoms with E-state index in [1.165, 1.54) is 38.5 Å². The average Bonchev–Trinajstić information content (AvgIpc) is 2.02. The Balaban J connectivity index is 1.91. The summed E-state index contributed by atoms with van der Waals surface area (Å²) in [6.07, 6.45) is 8.45. The molecule has 1 aliphatic heterocycles. The highest BCUT2D eigenvalue weighted by molar-refractivity contribution is 4.90. The Labute approximate surface area is 69.1 Å². The van der Waals surface area contributed by atoms with E-state index in [0.29, 0.717) is 5.60 Å². The third kappa shape index (κ3) is 1.31. The average molecular weight is 154 g/mol. The molecule has 0 spiro atoms. The Morgan fingerprint density at radius 1 is 1.18 bits per heavy atom. The van der Waals surface area contributed by atoms with Crippen LogP contribution in [0.15, 0.2) is 0 Å². The molecule has 0 aromatic rings. The molecular weight excluding hydrogens is 136 g/mol. The van der Waals surface area contributed by atoms with Crippen molar-refractivity contribution in [3.8, 4) is 0 Å². The molecule has 0 aromatic carbocycles. The van der Waals surface area contributed by atoms with E-state index in [1.807, 2.05) is 0 Å². The van der Waals surface area contributed by atoms with Crippen LogP contribution >= 0.6 is 0 Å². The molecule has 0 N–H and O–H groups in total. The summed E-state index contributed by atoms with van der Waals surface area (Å²) in [5.74, 6) is 0.880. The third-order valence-corrected chi connectivity index (χ3v) is 3.50. The van der Waals surface area contributed by atoms with Crippen LogP contribution in [0.3, 0.4) is 0 Å². The molecule has 1 saturated heterocycles. The summed E-state index contributed by atoms with van der Waals surface area (Å²) < 4.78 is 5.66. The fourth-order valence-electron chi connectivity index (χ4n) is 2.46. The van der Waals surface area contributed by atoms with Crippen LogP contribution in [-0.4, -0.2) is 12.2 Å². The van der Waals surface area contributed by atoms with Crippen molar-refractivity contribution in [1.82, 2.24) is 0 Å². The number of hydrogen-bond acceptors (Lipinski definition) is 1. The molecule has 2 rings (SSSR count). The third-order valence-electron chi connectivity index (χ3n) is 3.50. The van der Waals surface area contributed by atoms with Gasteiger partial charge in [0.15, 0.2) is 0 Å². The van der Waals surface area contributed by atoms with E-state index >= 15 is 0 Å². The molecule has 64 valence electrons. The van der Waals surface area contributed by atoms with Crippen LogP contribution in [0.4, 0.5) is 0 Å². The van der Waals surface area contributed by atoms with Gasteiger partial charge in [0.2, 0.25) is 0 Å². The monoisotopic (exact) mass is 154 g/mol. The number of hydrogen-bond donors (Lipinski definition) is 0. The van der Waals surface area contributed by atoms with Gasteiger partial charge in [-0.2, -0.15) is 0 Å². The van der Waals surface area contributed by atoms with Crippen LogP contribution in [0.25, 0.3) is 0 Å². The van der Waals surface area contributed by atoms with E-state index in [2.05, 4.69) is 6.92 Å². The lowest BCUT2D eigenvalue weighted by molar-refractivity contribution is -0.174. The summed E-state index contributed by atoms with van der Waals surface area (Å²) in [6, 6.07) is 0. The summed E-state index contributed by atoms with van der Waals surface area (Å²) in [5.41, 5.74) is 0.292. The number of ether oxygens (including phenoxy) is 1. The zero-order valence-electron chi connectivity index (χ0n) is 7.44. The molecule has 2 fully saturated rings. The fourth-order valence-corrected chi connectivity index (χ4v) is 2.46. The molecule has 11 heavy (non-hydrogen) atoms. The molecule has 0 radical (unpaired) electrons. The van der Waals surface area contributed by atoms with Crippen LogP contribution in [0.1, 0.15) is 45.4 Å². The first kappa shape index (κ1) is 7.60. The van der Waals surface area contributed by atoms with Gasteiger partial charge in [-0.1, -0.05) is 19.3 Å². The summed E-state index contributed by atoms with van der Waals surface area (Å²) >= 11 is 0. The van der Waals surface area contributed by atoms with Crippen molar-refractivity contribution in [2.75, 3.05) is 6.61 Å². The molecule has 1 aliphatic carbocycles. The van der Waals surface area contributed by atoms with Crippen molar-refractivity contribution < 1.29 is 4.74 Å². The predicted octanol–water partition coefficient (Wildman–Crippen LogP) is 2.75. The summed E-state index contributed by atoms with van der Waals surface area (Å²) in [7, 11) is 0. The van der Waals surface area contributed by atoms with E-state index < -0.39 is 0 Å². The maximum atomic E-state index is 5.66. The van der Waals surface area contributed by atoms with Crippen molar-refractivity contribution >= 4 is 0 Å². The Morgan fingerprint density at radius 2 is 1.82 bits per heavy atom. The first-order valence-corrected chi connectivity index (χ1v) is 4.95. The van der Waals surface area contributed by atoms with Crippen molar-refractivity contribution in [3.63, 3.8) is 0 Å². The van der Waals surface area contributed by atoms with E-state index in [0.717, 1.165) is 12.5 Å². The van der Waals surface area contributed by atoms with Crippen molar-refractivity contribution in [2.24, 2.45) is 5.92 Å². The predicted molar refractivity (Wildman–Crippen MR) is 45.5 cm³/mol. The van der Waals surface area contributed by atoms with Gasteiger partial charge < -0.3 is 4.74 Å². The topological polar surface area (TPSA) is 9.23 Å². The largest absolute Gasteiger partial charge is 0.375 e. The zero-order chi connectivity index (χ0) is 7.73. The van der Waals surface area contributed by atoms with Gasteiger partial charge in [-0.25, -0.2) is 0 Å². The van der Waals surface area contributed by atoms with Gasteiger partial charge in [-0.3, -0.25) is 0 Å². The Hall–Kier alpha value is -0.0400. The second-order valence-electron chi connectivity index (χ2n) is 4.25. The maximum absolute atomic E-state index is 5.66. The van der Waals surface area contributed by atoms with Crippen LogP contribution in [0, 0.1) is 5.92 Å². The van der Waals surface area contributed by atoms with E-state index in [1.54, 1.807) is 0 Å². The van der Waals surface area contributed by atoms with E-state index in [-0.39, 0.29) is 0 Å². The highest BCUT2D eigenvalue weighted by Crippen LogP contribution is 2.41. The van der Waals surface area contributed by atoms with Crippen molar-refractivity contribution in [1.29, 1.82) is 0 Å². The van der Waals surface area contributed by atoms with Gasteiger partial charge in [0.1, 0.15) is 0 Å². The van der Waals surface area contributed by atoms with Gasteiger partial charge in [-0.05, 0) is 32.1 Å². The molecule has 1 unspecified atom stereocenters. The van der Waals surface area contributed by atoms with Crippen molar-refractivity contribution in [3.05, 3.63) is 0 Å². The normalized spacial score (nSPS) is 40.1. The standard InChI is InChI=1S/C10H18O/c1-10(7-8-11-10)9-5-3-2-4-6-9/h9H,2-8H2,1H3. The highest BCUT2D eigenvalue weighted by Gasteiger charge is 2.40. The molecule has 1 heterocycles. The highest BCUT2D eigenvalue weighted by atomic mass is 16.5. The SMILES string of the molecule is CC1(C2CCCCC2)CCO1. The van der Waals surface area contributed by atoms with E-state index in [4.69, 9.17) is 4.74 Å². The summed E-state index contributed by atoms with van der Waals surface area (Å²) in [4.78, 5) is 0. The minimum Gasteiger partial charge on any atom is -0.375 e. The minimum atomic E-state index is 0.292. The van der Waals surface area contributed by atoms with Crippen LogP contribution < -0.4 is 0 Å². The number of rotatable bonds is 1. The first-order chi connectivity index (χ1) is 5.31. The molecule has 0 bridgehead atoms. The maximum Gasteiger partial charge on any atom is 0.0704 e. The molecule has 0 amide bonds. The van der Waals surface area contributed by atoms with Gasteiger partial charge >= 0.3 is 0 Å². The molecule has 2 aliphatic rings. The fraction of sp³-hybridized carbons (Fsp3) is 1.00. The van der Waals surface area contributed by atoms with Crippen LogP contribution in [0.2, 0.25) is 0 Å². The van der Waals surface area contributed by atoms with Crippen LogP contribution in [0.5, 0.6) is 0 Å². The molecule has 1 atom stereocenters. The summed E-state index contributed by atoms with van der Waals surface area (Å²) in [5, 5.41) is 0. The molecule has 1 nitrogen and oxygen atoms in total. The molecular formula is C10H18O.